The lowest BCUT2D eigenvalue weighted by molar-refractivity contribution is 0.0540. The Morgan fingerprint density at radius 3 is 2.62 bits per heavy atom. The molecule has 1 atom stereocenters. The van der Waals surface area contributed by atoms with Crippen LogP contribution in [0.2, 0.25) is 0 Å². The summed E-state index contributed by atoms with van der Waals surface area (Å²) >= 11 is 0. The summed E-state index contributed by atoms with van der Waals surface area (Å²) in [7, 11) is 1.67. The van der Waals surface area contributed by atoms with Crippen LogP contribution in [0.15, 0.2) is 24.3 Å². The number of methoxy groups -OCH3 is 1. The van der Waals surface area contributed by atoms with Crippen molar-refractivity contribution in [1.82, 2.24) is 14.4 Å². The first kappa shape index (κ1) is 20.2. The van der Waals surface area contributed by atoms with Gasteiger partial charge in [0.05, 0.1) is 6.61 Å². The number of hydrogen-bond acceptors (Lipinski definition) is 4. The highest BCUT2D eigenvalue weighted by molar-refractivity contribution is 6.00. The Bertz CT molecular complexity index is 868. The van der Waals surface area contributed by atoms with Crippen molar-refractivity contribution in [1.29, 1.82) is 0 Å². The van der Waals surface area contributed by atoms with Gasteiger partial charge in [-0.1, -0.05) is 0 Å². The van der Waals surface area contributed by atoms with E-state index in [0.717, 1.165) is 54.8 Å². The highest BCUT2D eigenvalue weighted by Gasteiger charge is 2.31. The Balaban J connectivity index is 1.51. The number of benzene rings is 1. The van der Waals surface area contributed by atoms with E-state index in [2.05, 4.69) is 48.4 Å². The summed E-state index contributed by atoms with van der Waals surface area (Å²) in [4.78, 5) is 17.4. The smallest absolute Gasteiger partial charge is 0.270 e. The first-order chi connectivity index (χ1) is 14.0. The minimum Gasteiger partial charge on any atom is -0.490 e. The highest BCUT2D eigenvalue weighted by atomic mass is 16.5. The van der Waals surface area contributed by atoms with Gasteiger partial charge in [0.2, 0.25) is 0 Å². The summed E-state index contributed by atoms with van der Waals surface area (Å²) in [6.07, 6.45) is 2.39. The van der Waals surface area contributed by atoms with Gasteiger partial charge in [-0.3, -0.25) is 4.79 Å². The van der Waals surface area contributed by atoms with Crippen molar-refractivity contribution in [2.75, 3.05) is 33.4 Å². The zero-order valence-corrected chi connectivity index (χ0v) is 18.1. The summed E-state index contributed by atoms with van der Waals surface area (Å²) in [5.41, 5.74) is 1.87. The molecule has 1 aromatic carbocycles. The molecule has 6 heteroatoms. The van der Waals surface area contributed by atoms with Gasteiger partial charge in [-0.05, 0) is 57.9 Å². The Labute approximate surface area is 173 Å². The Kier molecular flexibility index (Phi) is 5.83. The number of piperidine rings is 1. The maximum atomic E-state index is 13.0. The molecule has 158 valence electrons. The van der Waals surface area contributed by atoms with Crippen LogP contribution < -0.4 is 4.74 Å². The fourth-order valence-electron chi connectivity index (χ4n) is 4.62. The molecular weight excluding hydrogens is 366 g/mol. The Morgan fingerprint density at radius 2 is 1.93 bits per heavy atom. The molecule has 6 nitrogen and oxygen atoms in total. The molecule has 2 aliphatic rings. The molecule has 0 aliphatic carbocycles. The van der Waals surface area contributed by atoms with Crippen LogP contribution in [0.1, 0.15) is 44.1 Å². The van der Waals surface area contributed by atoms with Crippen molar-refractivity contribution in [2.45, 2.75) is 58.3 Å². The molecule has 1 saturated heterocycles. The van der Waals surface area contributed by atoms with E-state index in [1.807, 2.05) is 11.0 Å². The summed E-state index contributed by atoms with van der Waals surface area (Å²) in [5, 5.41) is 1.08. The fraction of sp³-hybridized carbons (Fsp3) is 0.609. The van der Waals surface area contributed by atoms with E-state index in [4.69, 9.17) is 9.47 Å². The van der Waals surface area contributed by atoms with Gasteiger partial charge in [-0.2, -0.15) is 0 Å². The maximum Gasteiger partial charge on any atom is 0.270 e. The lowest BCUT2D eigenvalue weighted by Crippen LogP contribution is -2.47. The largest absolute Gasteiger partial charge is 0.490 e. The molecule has 0 spiro atoms. The van der Waals surface area contributed by atoms with Gasteiger partial charge in [0.15, 0.2) is 0 Å². The molecular formula is C23H33N3O3. The summed E-state index contributed by atoms with van der Waals surface area (Å²) in [6, 6.07) is 9.01. The van der Waals surface area contributed by atoms with Crippen LogP contribution in [-0.4, -0.2) is 71.8 Å². The van der Waals surface area contributed by atoms with Crippen LogP contribution in [-0.2, 0) is 11.3 Å². The molecule has 1 unspecified atom stereocenters. The number of carbonyl (C=O) groups is 1. The molecule has 0 N–H and O–H groups in total. The predicted molar refractivity (Wildman–Crippen MR) is 115 cm³/mol. The fourth-order valence-corrected chi connectivity index (χ4v) is 4.62. The molecule has 0 saturated carbocycles. The molecule has 0 bridgehead atoms. The number of aromatic nitrogens is 1. The van der Waals surface area contributed by atoms with Gasteiger partial charge in [0, 0.05) is 56.3 Å². The number of amides is 1. The molecule has 0 radical (unpaired) electrons. The minimum absolute atomic E-state index is 0.0838. The lowest BCUT2D eigenvalue weighted by Gasteiger charge is -2.34. The summed E-state index contributed by atoms with van der Waals surface area (Å²) < 4.78 is 13.6. The summed E-state index contributed by atoms with van der Waals surface area (Å²) in [6.45, 7) is 10.8. The second-order valence-corrected chi connectivity index (χ2v) is 8.65. The first-order valence-corrected chi connectivity index (χ1v) is 10.8. The van der Waals surface area contributed by atoms with E-state index in [1.165, 1.54) is 0 Å². The quantitative estimate of drug-likeness (QED) is 0.747. The normalized spacial score (nSPS) is 21.2. The van der Waals surface area contributed by atoms with E-state index in [-0.39, 0.29) is 18.1 Å². The van der Waals surface area contributed by atoms with Crippen molar-refractivity contribution in [3.05, 3.63) is 30.0 Å². The second kappa shape index (κ2) is 8.36. The van der Waals surface area contributed by atoms with E-state index in [0.29, 0.717) is 19.2 Å². The zero-order valence-electron chi connectivity index (χ0n) is 18.1. The van der Waals surface area contributed by atoms with Gasteiger partial charge in [-0.15, -0.1) is 0 Å². The van der Waals surface area contributed by atoms with Gasteiger partial charge < -0.3 is 23.8 Å². The standard InChI is InChI=1S/C23H33N3O3/c1-16(2)24-9-7-19(8-10-24)29-20-5-6-21-18(13-20)14-22-23(27)25(11-12-28-4)17(3)15-26(21)22/h5-6,13-14,16-17,19H,7-12,15H2,1-4H3. The van der Waals surface area contributed by atoms with Crippen LogP contribution in [0.4, 0.5) is 0 Å². The van der Waals surface area contributed by atoms with Crippen molar-refractivity contribution >= 4 is 16.8 Å². The zero-order chi connectivity index (χ0) is 20.5. The van der Waals surface area contributed by atoms with Gasteiger partial charge in [0.25, 0.3) is 5.91 Å². The van der Waals surface area contributed by atoms with Crippen molar-refractivity contribution in [2.24, 2.45) is 0 Å². The van der Waals surface area contributed by atoms with Gasteiger partial charge in [0.1, 0.15) is 17.5 Å². The van der Waals surface area contributed by atoms with E-state index < -0.39 is 0 Å². The molecule has 1 aromatic heterocycles. The topological polar surface area (TPSA) is 46.9 Å². The lowest BCUT2D eigenvalue weighted by atomic mass is 10.1. The Hall–Kier alpha value is -2.05. The van der Waals surface area contributed by atoms with Gasteiger partial charge >= 0.3 is 0 Å². The third kappa shape index (κ3) is 4.01. The molecule has 4 rings (SSSR count). The molecule has 2 aliphatic heterocycles. The third-order valence-corrected chi connectivity index (χ3v) is 6.38. The number of carbonyl (C=O) groups excluding carboxylic acids is 1. The Morgan fingerprint density at radius 1 is 1.17 bits per heavy atom. The number of rotatable bonds is 6. The van der Waals surface area contributed by atoms with Crippen molar-refractivity contribution in [3.8, 4) is 5.75 Å². The van der Waals surface area contributed by atoms with E-state index in [9.17, 15) is 4.79 Å². The van der Waals surface area contributed by atoms with Gasteiger partial charge in [-0.25, -0.2) is 0 Å². The third-order valence-electron chi connectivity index (χ3n) is 6.38. The average Bonchev–Trinajstić information content (AvgIpc) is 3.06. The van der Waals surface area contributed by atoms with Crippen LogP contribution in [0.5, 0.6) is 5.75 Å². The number of fused-ring (bicyclic) bond motifs is 3. The molecule has 29 heavy (non-hydrogen) atoms. The number of hydrogen-bond donors (Lipinski definition) is 0. The van der Waals surface area contributed by atoms with Crippen LogP contribution in [0.3, 0.4) is 0 Å². The van der Waals surface area contributed by atoms with Crippen LogP contribution in [0, 0.1) is 0 Å². The number of likely N-dealkylation sites (tertiary alicyclic amines) is 1. The second-order valence-electron chi connectivity index (χ2n) is 8.65. The monoisotopic (exact) mass is 399 g/mol. The first-order valence-electron chi connectivity index (χ1n) is 10.8. The predicted octanol–water partition coefficient (Wildman–Crippen LogP) is 3.38. The molecule has 3 heterocycles. The molecule has 1 amide bonds. The maximum absolute atomic E-state index is 13.0. The number of nitrogens with zero attached hydrogens (tertiary/aromatic N) is 3. The average molecular weight is 400 g/mol. The highest BCUT2D eigenvalue weighted by Crippen LogP contribution is 2.30. The molecule has 1 fully saturated rings. The van der Waals surface area contributed by atoms with Crippen LogP contribution >= 0.6 is 0 Å². The van der Waals surface area contributed by atoms with Crippen molar-refractivity contribution < 1.29 is 14.3 Å². The number of ether oxygens (including phenoxy) is 2. The minimum atomic E-state index is 0.0838. The summed E-state index contributed by atoms with van der Waals surface area (Å²) in [5.74, 6) is 0.987. The SMILES string of the molecule is COCCN1C(=O)c2cc3cc(OC4CCN(C(C)C)CC4)ccc3n2CC1C. The van der Waals surface area contributed by atoms with Crippen molar-refractivity contribution in [3.63, 3.8) is 0 Å². The van der Waals surface area contributed by atoms with Crippen LogP contribution in [0.25, 0.3) is 10.9 Å². The van der Waals surface area contributed by atoms with E-state index >= 15 is 0 Å². The van der Waals surface area contributed by atoms with E-state index in [1.54, 1.807) is 7.11 Å². The molecule has 2 aromatic rings.